The van der Waals surface area contributed by atoms with Gasteiger partial charge in [0.1, 0.15) is 5.75 Å². The van der Waals surface area contributed by atoms with E-state index in [1.165, 1.54) is 0 Å². The van der Waals surface area contributed by atoms with Crippen LogP contribution < -0.4 is 24.4 Å². The van der Waals surface area contributed by atoms with Gasteiger partial charge in [-0.25, -0.2) is 0 Å². The van der Waals surface area contributed by atoms with Crippen molar-refractivity contribution in [1.82, 2.24) is 5.32 Å². The van der Waals surface area contributed by atoms with Gasteiger partial charge in [-0.1, -0.05) is 12.1 Å². The number of amides is 2. The highest BCUT2D eigenvalue weighted by atomic mass is 16.7. The summed E-state index contributed by atoms with van der Waals surface area (Å²) in [7, 11) is 1.58. The topological polar surface area (TPSA) is 77.1 Å². The minimum atomic E-state index is -0.413. The summed E-state index contributed by atoms with van der Waals surface area (Å²) in [5.41, 5.74) is 2.65. The molecule has 2 aliphatic heterocycles. The van der Waals surface area contributed by atoms with Crippen molar-refractivity contribution in [3.05, 3.63) is 47.5 Å². The van der Waals surface area contributed by atoms with Crippen molar-refractivity contribution in [2.45, 2.75) is 26.3 Å². The molecular weight excluding hydrogens is 372 g/mol. The molecule has 7 nitrogen and oxygen atoms in total. The van der Waals surface area contributed by atoms with Crippen LogP contribution in [0.1, 0.15) is 30.5 Å². The maximum Gasteiger partial charge on any atom is 0.231 e. The number of hydrogen-bond acceptors (Lipinski definition) is 5. The fraction of sp³-hybridized carbons (Fsp3) is 0.364. The Labute approximate surface area is 169 Å². The number of ether oxygens (including phenoxy) is 3. The number of anilines is 1. The number of aryl methyl sites for hydroxylation is 1. The van der Waals surface area contributed by atoms with E-state index in [1.807, 2.05) is 50.2 Å². The zero-order chi connectivity index (χ0) is 20.5. The van der Waals surface area contributed by atoms with Crippen LogP contribution in [-0.4, -0.2) is 32.3 Å². The lowest BCUT2D eigenvalue weighted by molar-refractivity contribution is -0.126. The van der Waals surface area contributed by atoms with E-state index in [-0.39, 0.29) is 31.1 Å². The highest BCUT2D eigenvalue weighted by Gasteiger charge is 2.36. The number of nitrogens with one attached hydrogen (secondary N) is 1. The van der Waals surface area contributed by atoms with Crippen molar-refractivity contribution in [3.8, 4) is 17.2 Å². The second kappa shape index (κ2) is 7.66. The zero-order valence-electron chi connectivity index (χ0n) is 16.7. The third kappa shape index (κ3) is 3.72. The average molecular weight is 396 g/mol. The standard InChI is InChI=1S/C22H24N2O5/c1-13-4-6-18(27-3)17(8-13)24-11-16(10-21(24)25)22(26)23-14(2)15-5-7-19-20(9-15)29-12-28-19/h4-9,14,16H,10-12H2,1-3H3,(H,23,26). The zero-order valence-corrected chi connectivity index (χ0v) is 16.7. The Morgan fingerprint density at radius 2 is 2.00 bits per heavy atom. The van der Waals surface area contributed by atoms with Crippen LogP contribution in [0.5, 0.6) is 17.2 Å². The molecule has 2 aromatic rings. The van der Waals surface area contributed by atoms with Crippen LogP contribution in [0.2, 0.25) is 0 Å². The van der Waals surface area contributed by atoms with E-state index in [0.717, 1.165) is 11.1 Å². The first-order chi connectivity index (χ1) is 14.0. The number of carbonyl (C=O) groups excluding carboxylic acids is 2. The van der Waals surface area contributed by atoms with E-state index >= 15 is 0 Å². The van der Waals surface area contributed by atoms with Gasteiger partial charge in [-0.3, -0.25) is 9.59 Å². The lowest BCUT2D eigenvalue weighted by Crippen LogP contribution is -2.34. The van der Waals surface area contributed by atoms with Gasteiger partial charge in [0.15, 0.2) is 11.5 Å². The Balaban J connectivity index is 1.45. The number of benzene rings is 2. The van der Waals surface area contributed by atoms with E-state index in [1.54, 1.807) is 12.0 Å². The lowest BCUT2D eigenvalue weighted by atomic mass is 10.0. The Hall–Kier alpha value is -3.22. The first kappa shape index (κ1) is 19.1. The number of hydrogen-bond donors (Lipinski definition) is 1. The molecule has 2 heterocycles. The first-order valence-electron chi connectivity index (χ1n) is 9.61. The largest absolute Gasteiger partial charge is 0.495 e. The van der Waals surface area contributed by atoms with Crippen molar-refractivity contribution in [2.75, 3.05) is 25.3 Å². The van der Waals surface area contributed by atoms with Crippen LogP contribution in [0.4, 0.5) is 5.69 Å². The maximum atomic E-state index is 12.8. The monoisotopic (exact) mass is 396 g/mol. The van der Waals surface area contributed by atoms with Crippen molar-refractivity contribution in [1.29, 1.82) is 0 Å². The molecule has 2 aromatic carbocycles. The Morgan fingerprint density at radius 1 is 1.21 bits per heavy atom. The molecule has 29 heavy (non-hydrogen) atoms. The summed E-state index contributed by atoms with van der Waals surface area (Å²) < 4.78 is 16.1. The van der Waals surface area contributed by atoms with E-state index in [2.05, 4.69) is 5.32 Å². The summed E-state index contributed by atoms with van der Waals surface area (Å²) in [5.74, 6) is 1.37. The number of carbonyl (C=O) groups is 2. The van der Waals surface area contributed by atoms with Gasteiger partial charge in [0.05, 0.1) is 24.8 Å². The Kier molecular flexibility index (Phi) is 5.05. The van der Waals surface area contributed by atoms with Gasteiger partial charge >= 0.3 is 0 Å². The molecule has 0 radical (unpaired) electrons. The van der Waals surface area contributed by atoms with Crippen molar-refractivity contribution in [3.63, 3.8) is 0 Å². The highest BCUT2D eigenvalue weighted by Crippen LogP contribution is 2.35. The van der Waals surface area contributed by atoms with Crippen molar-refractivity contribution < 1.29 is 23.8 Å². The minimum absolute atomic E-state index is 0.0789. The smallest absolute Gasteiger partial charge is 0.231 e. The highest BCUT2D eigenvalue weighted by molar-refractivity contribution is 6.01. The van der Waals surface area contributed by atoms with Crippen LogP contribution in [0, 0.1) is 12.8 Å². The summed E-state index contributed by atoms with van der Waals surface area (Å²) in [6, 6.07) is 11.1. The van der Waals surface area contributed by atoms with Gasteiger partial charge in [0, 0.05) is 13.0 Å². The molecule has 1 saturated heterocycles. The summed E-state index contributed by atoms with van der Waals surface area (Å²) in [4.78, 5) is 27.1. The van der Waals surface area contributed by atoms with E-state index in [9.17, 15) is 9.59 Å². The van der Waals surface area contributed by atoms with E-state index in [4.69, 9.17) is 14.2 Å². The third-order valence-electron chi connectivity index (χ3n) is 5.38. The molecule has 4 rings (SSSR count). The molecule has 2 amide bonds. The average Bonchev–Trinajstić information content (AvgIpc) is 3.33. The molecule has 152 valence electrons. The van der Waals surface area contributed by atoms with Gasteiger partial charge in [-0.05, 0) is 49.2 Å². The van der Waals surface area contributed by atoms with Gasteiger partial charge in [0.25, 0.3) is 0 Å². The van der Waals surface area contributed by atoms with E-state index in [0.29, 0.717) is 29.5 Å². The van der Waals surface area contributed by atoms with Gasteiger partial charge in [0.2, 0.25) is 18.6 Å². The maximum absolute atomic E-state index is 12.8. The molecule has 0 spiro atoms. The normalized spacial score (nSPS) is 18.7. The second-order valence-electron chi connectivity index (χ2n) is 7.42. The molecule has 7 heteroatoms. The van der Waals surface area contributed by atoms with Gasteiger partial charge < -0.3 is 24.4 Å². The van der Waals surface area contributed by atoms with Crippen LogP contribution in [0.3, 0.4) is 0 Å². The van der Waals surface area contributed by atoms with Crippen LogP contribution in [-0.2, 0) is 9.59 Å². The van der Waals surface area contributed by atoms with E-state index < -0.39 is 5.92 Å². The van der Waals surface area contributed by atoms with Crippen molar-refractivity contribution in [2.24, 2.45) is 5.92 Å². The number of rotatable bonds is 5. The first-order valence-corrected chi connectivity index (χ1v) is 9.61. The molecule has 0 aliphatic carbocycles. The molecule has 1 N–H and O–H groups in total. The molecule has 2 atom stereocenters. The molecule has 0 aromatic heterocycles. The molecular formula is C22H24N2O5. The predicted molar refractivity (Wildman–Crippen MR) is 107 cm³/mol. The Morgan fingerprint density at radius 3 is 2.79 bits per heavy atom. The predicted octanol–water partition coefficient (Wildman–Crippen LogP) is 2.96. The summed E-state index contributed by atoms with van der Waals surface area (Å²) in [6.45, 7) is 4.41. The number of methoxy groups -OCH3 is 1. The fourth-order valence-electron chi connectivity index (χ4n) is 3.72. The molecule has 0 saturated carbocycles. The fourth-order valence-corrected chi connectivity index (χ4v) is 3.72. The summed E-state index contributed by atoms with van der Waals surface area (Å²) in [6.07, 6.45) is 0.177. The lowest BCUT2D eigenvalue weighted by Gasteiger charge is -2.21. The third-order valence-corrected chi connectivity index (χ3v) is 5.38. The van der Waals surface area contributed by atoms with Gasteiger partial charge in [-0.2, -0.15) is 0 Å². The molecule has 1 fully saturated rings. The molecule has 0 bridgehead atoms. The van der Waals surface area contributed by atoms with Gasteiger partial charge in [-0.15, -0.1) is 0 Å². The molecule has 2 aliphatic rings. The number of fused-ring (bicyclic) bond motifs is 1. The SMILES string of the molecule is COc1ccc(C)cc1N1CC(C(=O)NC(C)c2ccc3c(c2)OCO3)CC1=O. The second-order valence-corrected chi connectivity index (χ2v) is 7.42. The quantitative estimate of drug-likeness (QED) is 0.841. The van der Waals surface area contributed by atoms with Crippen LogP contribution in [0.15, 0.2) is 36.4 Å². The number of nitrogens with zero attached hydrogens (tertiary/aromatic N) is 1. The van der Waals surface area contributed by atoms with Crippen LogP contribution in [0.25, 0.3) is 0 Å². The summed E-state index contributed by atoms with van der Waals surface area (Å²) >= 11 is 0. The summed E-state index contributed by atoms with van der Waals surface area (Å²) in [5, 5.41) is 3.02. The van der Waals surface area contributed by atoms with Crippen molar-refractivity contribution >= 4 is 17.5 Å². The minimum Gasteiger partial charge on any atom is -0.495 e. The molecule has 2 unspecified atom stereocenters. The Bertz CT molecular complexity index is 958. The van der Waals surface area contributed by atoms with Crippen LogP contribution >= 0.6 is 0 Å².